The maximum Gasteiger partial charge on any atom is 0.224 e. The molecule has 0 fully saturated rings. The zero-order valence-electron chi connectivity index (χ0n) is 19.7. The number of hydrogen-bond donors (Lipinski definition) is 5. The van der Waals surface area contributed by atoms with Crippen LogP contribution in [0.15, 0.2) is 60.9 Å². The summed E-state index contributed by atoms with van der Waals surface area (Å²) in [5, 5.41) is 11.5. The molecule has 9 heteroatoms. The van der Waals surface area contributed by atoms with Crippen LogP contribution in [0.2, 0.25) is 0 Å². The number of halogens is 1. The van der Waals surface area contributed by atoms with Crippen molar-refractivity contribution in [2.45, 2.75) is 25.7 Å². The minimum absolute atomic E-state index is 0. The zero-order chi connectivity index (χ0) is 22.9. The van der Waals surface area contributed by atoms with Gasteiger partial charge in [0.2, 0.25) is 11.8 Å². The molecule has 0 aliphatic rings. The summed E-state index contributed by atoms with van der Waals surface area (Å²) >= 11 is 0. The maximum absolute atomic E-state index is 12.2. The van der Waals surface area contributed by atoms with Crippen LogP contribution in [-0.2, 0) is 22.4 Å². The Morgan fingerprint density at radius 1 is 0.657 bits per heavy atom. The summed E-state index contributed by atoms with van der Waals surface area (Å²) in [5.74, 6) is 0.0790. The number of nitrogens with one attached hydrogen (secondary N) is 5. The lowest BCUT2D eigenvalue weighted by molar-refractivity contribution is -0.121. The molecule has 2 aromatic heterocycles. The number of hydrogen-bond acceptors (Lipinski definition) is 3. The molecule has 35 heavy (non-hydrogen) atoms. The fraction of sp³-hybridized carbons (Fsp3) is 0.308. The summed E-state index contributed by atoms with van der Waals surface area (Å²) in [4.78, 5) is 30.8. The summed E-state index contributed by atoms with van der Waals surface area (Å²) in [5.41, 5.74) is 4.15. The molecule has 0 saturated heterocycles. The number of benzene rings is 2. The van der Waals surface area contributed by atoms with Crippen LogP contribution in [-0.4, -0.2) is 53.4 Å². The molecule has 0 bridgehead atoms. The van der Waals surface area contributed by atoms with E-state index >= 15 is 0 Å². The van der Waals surface area contributed by atoms with Crippen LogP contribution in [0.1, 0.15) is 24.0 Å². The van der Waals surface area contributed by atoms with Gasteiger partial charge in [-0.2, -0.15) is 0 Å². The Bertz CT molecular complexity index is 1130. The van der Waals surface area contributed by atoms with Gasteiger partial charge in [0, 0.05) is 47.3 Å². The van der Waals surface area contributed by atoms with E-state index in [4.69, 9.17) is 0 Å². The second-order valence-electron chi connectivity index (χ2n) is 8.23. The normalized spacial score (nSPS) is 10.5. The Balaban J connectivity index is 0.00000216. The third kappa shape index (κ3) is 7.85. The molecule has 0 unspecified atom stereocenters. The van der Waals surface area contributed by atoms with Gasteiger partial charge >= 0.3 is 0 Å². The molecule has 188 valence electrons. The number of aromatic nitrogens is 2. The molecule has 2 aromatic carbocycles. The Morgan fingerprint density at radius 2 is 1.09 bits per heavy atom. The number of H-pyrrole nitrogens is 2. The highest BCUT2D eigenvalue weighted by molar-refractivity contribution is 5.89. The summed E-state index contributed by atoms with van der Waals surface area (Å²) < 4.78 is 0. The van der Waals surface area contributed by atoms with Crippen molar-refractivity contribution in [1.82, 2.24) is 25.9 Å². The third-order valence-electron chi connectivity index (χ3n) is 5.76. The Kier molecular flexibility index (Phi) is 11.3. The van der Waals surface area contributed by atoms with Crippen molar-refractivity contribution in [2.75, 3.05) is 26.2 Å². The molecule has 0 spiro atoms. The summed E-state index contributed by atoms with van der Waals surface area (Å²) in [6.07, 6.45) is 6.32. The van der Waals surface area contributed by atoms with Crippen LogP contribution in [0.3, 0.4) is 0 Å². The van der Waals surface area contributed by atoms with Gasteiger partial charge in [-0.25, -0.2) is 0 Å². The van der Waals surface area contributed by atoms with Crippen molar-refractivity contribution < 1.29 is 15.1 Å². The van der Waals surface area contributed by atoms with E-state index in [1.165, 1.54) is 0 Å². The molecule has 0 aliphatic heterocycles. The standard InChI is InChI=1S/C26H31N5O2.ClH.H2O/c32-25(15-19-17-30-23-9-3-1-7-21(19)23)28-13-5-11-27-12-6-14-29-26(33)16-20-18-31-24-10-4-2-8-22(20)24;;/h1-4,7-10,17-18,27,30-31H,5-6,11-16H2,(H,28,32)(H,29,33);1H;1H2. The number of carbonyl (C=O) groups is 2. The van der Waals surface area contributed by atoms with Crippen molar-refractivity contribution in [2.24, 2.45) is 0 Å². The number of aromatic amines is 2. The first-order chi connectivity index (χ1) is 16.2. The fourth-order valence-electron chi connectivity index (χ4n) is 4.03. The van der Waals surface area contributed by atoms with Crippen molar-refractivity contribution in [3.05, 3.63) is 72.1 Å². The van der Waals surface area contributed by atoms with Gasteiger partial charge in [-0.05, 0) is 49.2 Å². The van der Waals surface area contributed by atoms with Gasteiger partial charge in [0.25, 0.3) is 0 Å². The van der Waals surface area contributed by atoms with Gasteiger partial charge in [-0.1, -0.05) is 36.4 Å². The van der Waals surface area contributed by atoms with Crippen LogP contribution in [0, 0.1) is 0 Å². The topological polar surface area (TPSA) is 133 Å². The smallest absolute Gasteiger partial charge is 0.224 e. The summed E-state index contributed by atoms with van der Waals surface area (Å²) in [7, 11) is 0. The van der Waals surface area contributed by atoms with Gasteiger partial charge in [0.05, 0.1) is 12.8 Å². The average Bonchev–Trinajstić information content (AvgIpc) is 3.42. The molecular formula is C26H34ClN5O3. The molecule has 0 atom stereocenters. The predicted molar refractivity (Wildman–Crippen MR) is 143 cm³/mol. The van der Waals surface area contributed by atoms with Crippen molar-refractivity contribution >= 4 is 46.0 Å². The quantitative estimate of drug-likeness (QED) is 0.192. The van der Waals surface area contributed by atoms with E-state index in [0.717, 1.165) is 58.9 Å². The molecule has 0 aliphatic carbocycles. The first kappa shape index (κ1) is 27.9. The van der Waals surface area contributed by atoms with E-state index < -0.39 is 0 Å². The minimum atomic E-state index is 0. The van der Waals surface area contributed by atoms with Gasteiger partial charge in [-0.15, -0.1) is 12.4 Å². The lowest BCUT2D eigenvalue weighted by Crippen LogP contribution is -2.30. The summed E-state index contributed by atoms with van der Waals surface area (Å²) in [6, 6.07) is 16.0. The monoisotopic (exact) mass is 499 g/mol. The Labute approximate surface area is 211 Å². The van der Waals surface area contributed by atoms with Gasteiger partial charge < -0.3 is 31.4 Å². The molecule has 4 rings (SSSR count). The van der Waals surface area contributed by atoms with Crippen LogP contribution in [0.4, 0.5) is 0 Å². The molecule has 2 heterocycles. The molecule has 4 aromatic rings. The lowest BCUT2D eigenvalue weighted by atomic mass is 10.1. The van der Waals surface area contributed by atoms with Crippen LogP contribution < -0.4 is 16.0 Å². The first-order valence-corrected chi connectivity index (χ1v) is 11.5. The number of carbonyl (C=O) groups excluding carboxylic acids is 2. The van der Waals surface area contributed by atoms with Gasteiger partial charge in [0.15, 0.2) is 0 Å². The van der Waals surface area contributed by atoms with Crippen molar-refractivity contribution in [3.63, 3.8) is 0 Å². The van der Waals surface area contributed by atoms with Crippen molar-refractivity contribution in [1.29, 1.82) is 0 Å². The number of para-hydroxylation sites is 2. The average molecular weight is 500 g/mol. The Hall–Kier alpha value is -3.33. The summed E-state index contributed by atoms with van der Waals surface area (Å²) in [6.45, 7) is 2.96. The highest BCUT2D eigenvalue weighted by Crippen LogP contribution is 2.18. The van der Waals surface area contributed by atoms with Crippen LogP contribution in [0.5, 0.6) is 0 Å². The number of fused-ring (bicyclic) bond motifs is 2. The molecule has 8 nitrogen and oxygen atoms in total. The zero-order valence-corrected chi connectivity index (χ0v) is 20.5. The molecule has 2 amide bonds. The highest BCUT2D eigenvalue weighted by Gasteiger charge is 2.09. The molecule has 7 N–H and O–H groups in total. The highest BCUT2D eigenvalue weighted by atomic mass is 35.5. The minimum Gasteiger partial charge on any atom is -0.412 e. The van der Waals surface area contributed by atoms with E-state index in [9.17, 15) is 9.59 Å². The number of amides is 2. The predicted octanol–water partition coefficient (Wildman–Crippen LogP) is 2.63. The van der Waals surface area contributed by atoms with E-state index in [-0.39, 0.29) is 29.7 Å². The number of rotatable bonds is 12. The van der Waals surface area contributed by atoms with E-state index in [2.05, 4.69) is 25.9 Å². The van der Waals surface area contributed by atoms with E-state index in [1.807, 2.05) is 60.9 Å². The van der Waals surface area contributed by atoms with E-state index in [0.29, 0.717) is 25.9 Å². The first-order valence-electron chi connectivity index (χ1n) is 11.5. The second kappa shape index (κ2) is 14.2. The third-order valence-corrected chi connectivity index (χ3v) is 5.76. The second-order valence-corrected chi connectivity index (χ2v) is 8.23. The molecular weight excluding hydrogens is 466 g/mol. The molecule has 0 saturated carbocycles. The fourth-order valence-corrected chi connectivity index (χ4v) is 4.03. The lowest BCUT2D eigenvalue weighted by Gasteiger charge is -2.08. The van der Waals surface area contributed by atoms with Gasteiger partial charge in [0.1, 0.15) is 0 Å². The largest absolute Gasteiger partial charge is 0.412 e. The van der Waals surface area contributed by atoms with Gasteiger partial charge in [-0.3, -0.25) is 9.59 Å². The SMILES string of the molecule is Cl.O.O=C(Cc1c[nH]c2ccccc12)NCCCNCCCNC(=O)Cc1c[nH]c2ccccc12. The van der Waals surface area contributed by atoms with E-state index in [1.54, 1.807) is 0 Å². The van der Waals surface area contributed by atoms with Crippen LogP contribution >= 0.6 is 12.4 Å². The van der Waals surface area contributed by atoms with Crippen molar-refractivity contribution in [3.8, 4) is 0 Å². The maximum atomic E-state index is 12.2. The Morgan fingerprint density at radius 3 is 1.54 bits per heavy atom. The van der Waals surface area contributed by atoms with Crippen LogP contribution in [0.25, 0.3) is 21.8 Å². The molecule has 0 radical (unpaired) electrons.